The Labute approximate surface area is 119 Å². The largest absolute Gasteiger partial charge is 0.395 e. The number of likely N-dealkylation sites (N-methyl/N-ethyl adjacent to an activating group) is 1. The fraction of sp³-hybridized carbons (Fsp3) is 0.538. The molecule has 0 radical (unpaired) electrons. The molecule has 0 spiro atoms. The van der Waals surface area contributed by atoms with E-state index >= 15 is 0 Å². The Hall–Kier alpha value is -1.18. The van der Waals surface area contributed by atoms with Gasteiger partial charge in [0, 0.05) is 19.1 Å². The Bertz CT molecular complexity index is 604. The summed E-state index contributed by atoms with van der Waals surface area (Å²) in [6.45, 7) is 2.82. The van der Waals surface area contributed by atoms with Crippen LogP contribution in [0.1, 0.15) is 6.92 Å². The number of sulfonamides is 1. The lowest BCUT2D eigenvalue weighted by atomic mass is 10.1. The van der Waals surface area contributed by atoms with Gasteiger partial charge in [-0.25, -0.2) is 12.8 Å². The van der Waals surface area contributed by atoms with Gasteiger partial charge in [0.05, 0.1) is 5.69 Å². The maximum absolute atomic E-state index is 13.5. The molecule has 0 saturated carbocycles. The number of nitrogen functional groups attached to an aromatic ring is 1. The van der Waals surface area contributed by atoms with Crippen LogP contribution in [0.2, 0.25) is 0 Å². The quantitative estimate of drug-likeness (QED) is 0.845. The molecule has 5 nitrogen and oxygen atoms in total. The topological polar surface area (TPSA) is 66.6 Å². The van der Waals surface area contributed by atoms with Crippen molar-refractivity contribution in [3.63, 3.8) is 0 Å². The van der Waals surface area contributed by atoms with E-state index in [9.17, 15) is 12.8 Å². The lowest BCUT2D eigenvalue weighted by Gasteiger charge is -2.22. The van der Waals surface area contributed by atoms with Crippen molar-refractivity contribution in [1.29, 1.82) is 0 Å². The molecular weight excluding hydrogens is 281 g/mol. The van der Waals surface area contributed by atoms with E-state index in [0.717, 1.165) is 6.07 Å². The number of nitrogens with two attached hydrogens (primary N) is 1. The Morgan fingerprint density at radius 2 is 2.00 bits per heavy atom. The van der Waals surface area contributed by atoms with E-state index in [1.807, 2.05) is 25.9 Å². The lowest BCUT2D eigenvalue weighted by molar-refractivity contribution is 0.263. The third-order valence-electron chi connectivity index (χ3n) is 3.83. The number of benzene rings is 1. The minimum atomic E-state index is -3.75. The fourth-order valence-corrected chi connectivity index (χ4v) is 4.34. The standard InChI is InChI=1S/C13H20FN3O2S/c1-9-7-17(8-11(9)16(2)3)20(18,19)12-6-4-5-10(14)13(12)15/h4-6,9,11H,7-8,15H2,1-3H3. The van der Waals surface area contributed by atoms with Crippen LogP contribution in [0, 0.1) is 11.7 Å². The van der Waals surface area contributed by atoms with Crippen molar-refractivity contribution < 1.29 is 12.8 Å². The van der Waals surface area contributed by atoms with Gasteiger partial charge in [0.2, 0.25) is 10.0 Å². The molecule has 1 aliphatic rings. The molecule has 1 aromatic rings. The molecule has 2 atom stereocenters. The molecule has 20 heavy (non-hydrogen) atoms. The second-order valence-corrected chi connectivity index (χ2v) is 7.39. The lowest BCUT2D eigenvalue weighted by Crippen LogP contribution is -2.36. The Balaban J connectivity index is 2.35. The van der Waals surface area contributed by atoms with E-state index in [2.05, 4.69) is 0 Å². The van der Waals surface area contributed by atoms with Crippen LogP contribution in [0.4, 0.5) is 10.1 Å². The Morgan fingerprint density at radius 1 is 1.35 bits per heavy atom. The van der Waals surface area contributed by atoms with Crippen LogP contribution in [0.5, 0.6) is 0 Å². The molecule has 1 aliphatic heterocycles. The highest BCUT2D eigenvalue weighted by atomic mass is 32.2. The first-order valence-corrected chi connectivity index (χ1v) is 7.89. The predicted octanol–water partition coefficient (Wildman–Crippen LogP) is 0.979. The minimum Gasteiger partial charge on any atom is -0.395 e. The molecule has 1 aromatic carbocycles. The smallest absolute Gasteiger partial charge is 0.245 e. The molecule has 2 rings (SSSR count). The molecule has 0 amide bonds. The number of hydrogen-bond acceptors (Lipinski definition) is 4. The maximum Gasteiger partial charge on any atom is 0.245 e. The average Bonchev–Trinajstić information content (AvgIpc) is 2.75. The molecule has 1 fully saturated rings. The van der Waals surface area contributed by atoms with Gasteiger partial charge in [-0.3, -0.25) is 0 Å². The van der Waals surface area contributed by atoms with Gasteiger partial charge in [0.1, 0.15) is 10.7 Å². The number of anilines is 1. The summed E-state index contributed by atoms with van der Waals surface area (Å²) in [5, 5.41) is 0. The fourth-order valence-electron chi connectivity index (χ4n) is 2.66. The van der Waals surface area contributed by atoms with Gasteiger partial charge in [-0.1, -0.05) is 13.0 Å². The van der Waals surface area contributed by atoms with Crippen LogP contribution in [0.15, 0.2) is 23.1 Å². The summed E-state index contributed by atoms with van der Waals surface area (Å²) < 4.78 is 40.0. The van der Waals surface area contributed by atoms with E-state index in [-0.39, 0.29) is 22.5 Å². The highest BCUT2D eigenvalue weighted by Gasteiger charge is 2.38. The van der Waals surface area contributed by atoms with Gasteiger partial charge in [-0.15, -0.1) is 0 Å². The summed E-state index contributed by atoms with van der Waals surface area (Å²) in [4.78, 5) is 1.86. The first-order chi connectivity index (χ1) is 9.25. The highest BCUT2D eigenvalue weighted by molar-refractivity contribution is 7.89. The van der Waals surface area contributed by atoms with Gasteiger partial charge in [0.15, 0.2) is 0 Å². The summed E-state index contributed by atoms with van der Waals surface area (Å²) in [6.07, 6.45) is 0. The van der Waals surface area contributed by atoms with Crippen molar-refractivity contribution >= 4 is 15.7 Å². The third-order valence-corrected chi connectivity index (χ3v) is 5.72. The van der Waals surface area contributed by atoms with E-state index in [1.165, 1.54) is 16.4 Å². The minimum absolute atomic E-state index is 0.149. The van der Waals surface area contributed by atoms with Gasteiger partial charge < -0.3 is 10.6 Å². The molecular formula is C13H20FN3O2S. The van der Waals surface area contributed by atoms with Gasteiger partial charge in [-0.05, 0) is 32.1 Å². The predicted molar refractivity (Wildman–Crippen MR) is 76.2 cm³/mol. The van der Waals surface area contributed by atoms with E-state index in [4.69, 9.17) is 5.73 Å². The Morgan fingerprint density at radius 3 is 2.55 bits per heavy atom. The summed E-state index contributed by atoms with van der Waals surface area (Å²) in [5.41, 5.74) is 5.26. The molecule has 0 bridgehead atoms. The molecule has 0 aliphatic carbocycles. The summed E-state index contributed by atoms with van der Waals surface area (Å²) in [6, 6.07) is 4.02. The van der Waals surface area contributed by atoms with Crippen LogP contribution >= 0.6 is 0 Å². The van der Waals surface area contributed by atoms with Gasteiger partial charge in [0.25, 0.3) is 0 Å². The van der Waals surface area contributed by atoms with Crippen LogP contribution in [0.25, 0.3) is 0 Å². The molecule has 1 saturated heterocycles. The molecule has 7 heteroatoms. The normalized spacial score (nSPS) is 24.4. The maximum atomic E-state index is 13.5. The number of nitrogens with zero attached hydrogens (tertiary/aromatic N) is 2. The zero-order valence-corrected chi connectivity index (χ0v) is 12.7. The molecule has 112 valence electrons. The van der Waals surface area contributed by atoms with Crippen molar-refractivity contribution in [2.24, 2.45) is 5.92 Å². The Kier molecular flexibility index (Phi) is 4.04. The van der Waals surface area contributed by atoms with Gasteiger partial charge in [-0.2, -0.15) is 4.31 Å². The second kappa shape index (κ2) is 5.31. The van der Waals surface area contributed by atoms with Crippen molar-refractivity contribution in [3.8, 4) is 0 Å². The number of para-hydroxylation sites is 1. The summed E-state index contributed by atoms with van der Waals surface area (Å²) in [7, 11) is 0.0993. The summed E-state index contributed by atoms with van der Waals surface area (Å²) in [5.74, 6) is -0.489. The van der Waals surface area contributed by atoms with Crippen LogP contribution in [0.3, 0.4) is 0 Å². The second-order valence-electron chi connectivity index (χ2n) is 5.48. The van der Waals surface area contributed by atoms with Crippen LogP contribution < -0.4 is 5.73 Å². The van der Waals surface area contributed by atoms with E-state index < -0.39 is 15.8 Å². The SMILES string of the molecule is CC1CN(S(=O)(=O)c2cccc(F)c2N)CC1N(C)C. The van der Waals surface area contributed by atoms with Crippen molar-refractivity contribution in [2.75, 3.05) is 32.9 Å². The van der Waals surface area contributed by atoms with Crippen LogP contribution in [-0.2, 0) is 10.0 Å². The average molecular weight is 301 g/mol. The molecule has 2 N–H and O–H groups in total. The van der Waals surface area contributed by atoms with Gasteiger partial charge >= 0.3 is 0 Å². The number of rotatable bonds is 3. The van der Waals surface area contributed by atoms with Crippen LogP contribution in [-0.4, -0.2) is 50.8 Å². The molecule has 0 aromatic heterocycles. The monoisotopic (exact) mass is 301 g/mol. The zero-order valence-electron chi connectivity index (χ0n) is 11.9. The molecule has 1 heterocycles. The molecule has 2 unspecified atom stereocenters. The van der Waals surface area contributed by atoms with Crippen molar-refractivity contribution in [1.82, 2.24) is 9.21 Å². The third kappa shape index (κ3) is 2.53. The van der Waals surface area contributed by atoms with Crippen molar-refractivity contribution in [2.45, 2.75) is 17.9 Å². The zero-order chi connectivity index (χ0) is 15.1. The first-order valence-electron chi connectivity index (χ1n) is 6.45. The number of halogens is 1. The highest BCUT2D eigenvalue weighted by Crippen LogP contribution is 2.30. The number of hydrogen-bond donors (Lipinski definition) is 1. The van der Waals surface area contributed by atoms with Crippen molar-refractivity contribution in [3.05, 3.63) is 24.0 Å². The van der Waals surface area contributed by atoms with E-state index in [1.54, 1.807) is 0 Å². The summed E-state index contributed by atoms with van der Waals surface area (Å²) >= 11 is 0. The van der Waals surface area contributed by atoms with E-state index in [0.29, 0.717) is 13.1 Å². The first kappa shape index (κ1) is 15.2.